The van der Waals surface area contributed by atoms with E-state index in [1.807, 2.05) is 4.90 Å². The smallest absolute Gasteiger partial charge is 0.258 e. The Balaban J connectivity index is 1.59. The van der Waals surface area contributed by atoms with Crippen LogP contribution in [0, 0.1) is 0 Å². The monoisotopic (exact) mass is 405 g/mol. The van der Waals surface area contributed by atoms with Crippen molar-refractivity contribution < 1.29 is 4.79 Å². The molecule has 0 radical (unpaired) electrons. The van der Waals surface area contributed by atoms with Crippen LogP contribution in [0.2, 0.25) is 5.02 Å². The number of rotatable bonds is 3. The molecule has 0 spiro atoms. The number of benzene rings is 2. The summed E-state index contributed by atoms with van der Waals surface area (Å²) in [7, 11) is 0. The van der Waals surface area contributed by atoms with Crippen LogP contribution in [0.25, 0.3) is 0 Å². The van der Waals surface area contributed by atoms with E-state index in [-0.39, 0.29) is 5.91 Å². The number of halogens is 1. The summed E-state index contributed by atoms with van der Waals surface area (Å²) in [6, 6.07) is 15.4. The van der Waals surface area contributed by atoms with E-state index in [2.05, 4.69) is 40.7 Å². The van der Waals surface area contributed by atoms with Crippen molar-refractivity contribution in [2.45, 2.75) is 4.90 Å². The highest BCUT2D eigenvalue weighted by Gasteiger charge is 2.22. The van der Waals surface area contributed by atoms with Crippen molar-refractivity contribution in [2.75, 3.05) is 37.3 Å². The zero-order valence-electron chi connectivity index (χ0n) is 14.4. The number of carbonyl (C=O) groups excluding carboxylic acids is 1. The first-order valence-corrected chi connectivity index (χ1v) is 10.3. The summed E-state index contributed by atoms with van der Waals surface area (Å²) in [5.74, 6) is -0.268. The summed E-state index contributed by atoms with van der Waals surface area (Å²) in [6.07, 6.45) is 2.09. The van der Waals surface area contributed by atoms with E-state index in [1.54, 1.807) is 36.0 Å². The fourth-order valence-corrected chi connectivity index (χ4v) is 4.05. The van der Waals surface area contributed by atoms with Crippen LogP contribution in [-0.2, 0) is 0 Å². The molecule has 1 aliphatic rings. The highest BCUT2D eigenvalue weighted by Crippen LogP contribution is 2.29. The molecule has 1 aliphatic heterocycles. The number of hydrogen-bond acceptors (Lipinski definition) is 4. The first-order chi connectivity index (χ1) is 12.6. The molecule has 7 heteroatoms. The van der Waals surface area contributed by atoms with Gasteiger partial charge in [-0.3, -0.25) is 10.1 Å². The normalized spacial score (nSPS) is 14.2. The number of carbonyl (C=O) groups is 1. The Kier molecular flexibility index (Phi) is 6.40. The number of anilines is 1. The van der Waals surface area contributed by atoms with Crippen molar-refractivity contribution in [2.24, 2.45) is 0 Å². The van der Waals surface area contributed by atoms with Crippen LogP contribution < -0.4 is 10.2 Å². The summed E-state index contributed by atoms with van der Waals surface area (Å²) in [5.41, 5.74) is 1.69. The first kappa shape index (κ1) is 19.0. The third kappa shape index (κ3) is 4.31. The number of nitrogens with one attached hydrogen (secondary N) is 1. The summed E-state index contributed by atoms with van der Waals surface area (Å²) < 4.78 is 0. The minimum Gasteiger partial charge on any atom is -0.367 e. The second-order valence-electron chi connectivity index (χ2n) is 5.89. The maximum atomic E-state index is 12.4. The fourth-order valence-electron chi connectivity index (χ4n) is 2.93. The molecule has 0 aromatic heterocycles. The zero-order chi connectivity index (χ0) is 18.5. The number of thiocarbonyl (C=S) groups is 1. The number of thioether (sulfide) groups is 1. The van der Waals surface area contributed by atoms with Gasteiger partial charge in [-0.2, -0.15) is 0 Å². The van der Waals surface area contributed by atoms with Gasteiger partial charge in [0.2, 0.25) is 0 Å². The number of amides is 1. The highest BCUT2D eigenvalue weighted by molar-refractivity contribution is 7.98. The Morgan fingerprint density at radius 3 is 2.42 bits per heavy atom. The van der Waals surface area contributed by atoms with Crippen LogP contribution in [-0.4, -0.2) is 48.4 Å². The molecule has 1 heterocycles. The Hall–Kier alpha value is -1.76. The lowest BCUT2D eigenvalue weighted by molar-refractivity contribution is 0.0973. The second kappa shape index (κ2) is 8.75. The molecule has 1 fully saturated rings. The van der Waals surface area contributed by atoms with Crippen LogP contribution in [0.5, 0.6) is 0 Å². The highest BCUT2D eigenvalue weighted by atomic mass is 35.5. The molecule has 0 bridgehead atoms. The minimum atomic E-state index is -0.268. The van der Waals surface area contributed by atoms with E-state index >= 15 is 0 Å². The molecule has 3 rings (SSSR count). The predicted molar refractivity (Wildman–Crippen MR) is 114 cm³/mol. The van der Waals surface area contributed by atoms with E-state index in [1.165, 1.54) is 10.6 Å². The van der Waals surface area contributed by atoms with Crippen molar-refractivity contribution in [1.29, 1.82) is 0 Å². The van der Waals surface area contributed by atoms with Crippen molar-refractivity contribution in [1.82, 2.24) is 10.2 Å². The molecule has 1 N–H and O–H groups in total. The average molecular weight is 406 g/mol. The lowest BCUT2D eigenvalue weighted by atomic mass is 10.2. The zero-order valence-corrected chi connectivity index (χ0v) is 16.8. The third-order valence-electron chi connectivity index (χ3n) is 4.33. The van der Waals surface area contributed by atoms with Crippen LogP contribution in [0.15, 0.2) is 53.4 Å². The van der Waals surface area contributed by atoms with Crippen LogP contribution in [0.3, 0.4) is 0 Å². The van der Waals surface area contributed by atoms with Crippen LogP contribution in [0.1, 0.15) is 10.4 Å². The van der Waals surface area contributed by atoms with Gasteiger partial charge in [0.15, 0.2) is 5.11 Å². The van der Waals surface area contributed by atoms with Gasteiger partial charge in [0.05, 0.1) is 16.3 Å². The molecule has 0 aliphatic carbocycles. The molecule has 136 valence electrons. The van der Waals surface area contributed by atoms with Gasteiger partial charge in [0.1, 0.15) is 0 Å². The SMILES string of the molecule is CSc1ccccc1N1CCN(C(=S)NC(=O)c2ccccc2Cl)CC1. The molecule has 0 saturated carbocycles. The van der Waals surface area contributed by atoms with Crippen molar-refractivity contribution >= 4 is 52.3 Å². The standard InChI is InChI=1S/C19H20ClN3OS2/c1-26-17-9-5-4-8-16(17)22-10-12-23(13-11-22)19(25)21-18(24)14-6-2-3-7-15(14)20/h2-9H,10-13H2,1H3,(H,21,24,25). The minimum absolute atomic E-state index is 0.268. The van der Waals surface area contributed by atoms with E-state index < -0.39 is 0 Å². The van der Waals surface area contributed by atoms with Gasteiger partial charge >= 0.3 is 0 Å². The van der Waals surface area contributed by atoms with E-state index in [4.69, 9.17) is 23.8 Å². The van der Waals surface area contributed by atoms with Crippen LogP contribution >= 0.6 is 35.6 Å². The molecular formula is C19H20ClN3OS2. The van der Waals surface area contributed by atoms with Gasteiger partial charge in [0.25, 0.3) is 5.91 Å². The van der Waals surface area contributed by atoms with Crippen LogP contribution in [0.4, 0.5) is 5.69 Å². The van der Waals surface area contributed by atoms with Gasteiger partial charge in [-0.1, -0.05) is 35.9 Å². The third-order valence-corrected chi connectivity index (χ3v) is 5.81. The maximum absolute atomic E-state index is 12.4. The Morgan fingerprint density at radius 2 is 1.73 bits per heavy atom. The molecule has 2 aromatic rings. The summed E-state index contributed by atoms with van der Waals surface area (Å²) in [6.45, 7) is 3.26. The molecule has 4 nitrogen and oxygen atoms in total. The Morgan fingerprint density at radius 1 is 1.08 bits per heavy atom. The van der Waals surface area contributed by atoms with Gasteiger partial charge in [-0.05, 0) is 42.7 Å². The first-order valence-electron chi connectivity index (χ1n) is 8.33. The molecule has 0 atom stereocenters. The number of hydrogen-bond donors (Lipinski definition) is 1. The molecule has 0 unspecified atom stereocenters. The van der Waals surface area contributed by atoms with E-state index in [0.29, 0.717) is 15.7 Å². The van der Waals surface area contributed by atoms with Gasteiger partial charge in [-0.25, -0.2) is 0 Å². The van der Waals surface area contributed by atoms with Gasteiger partial charge < -0.3 is 9.80 Å². The van der Waals surface area contributed by atoms with E-state index in [0.717, 1.165) is 26.2 Å². The molecule has 1 amide bonds. The molecule has 2 aromatic carbocycles. The van der Waals surface area contributed by atoms with E-state index in [9.17, 15) is 4.79 Å². The largest absolute Gasteiger partial charge is 0.367 e. The van der Waals surface area contributed by atoms with Crippen molar-refractivity contribution in [3.05, 3.63) is 59.1 Å². The predicted octanol–water partition coefficient (Wildman–Crippen LogP) is 3.90. The van der Waals surface area contributed by atoms with Gasteiger partial charge in [0, 0.05) is 31.1 Å². The Bertz CT molecular complexity index is 807. The topological polar surface area (TPSA) is 35.6 Å². The molecule has 26 heavy (non-hydrogen) atoms. The second-order valence-corrected chi connectivity index (χ2v) is 7.53. The quantitative estimate of drug-likeness (QED) is 0.619. The lowest BCUT2D eigenvalue weighted by Crippen LogP contribution is -2.52. The maximum Gasteiger partial charge on any atom is 0.258 e. The Labute approximate surface area is 168 Å². The number of para-hydroxylation sites is 1. The summed E-state index contributed by atoms with van der Waals surface area (Å²) >= 11 is 13.3. The molecule has 1 saturated heterocycles. The van der Waals surface area contributed by atoms with Gasteiger partial charge in [-0.15, -0.1) is 11.8 Å². The summed E-state index contributed by atoms with van der Waals surface area (Å²) in [4.78, 5) is 18.0. The van der Waals surface area contributed by atoms with Crippen molar-refractivity contribution in [3.8, 4) is 0 Å². The number of piperazine rings is 1. The van der Waals surface area contributed by atoms with Crippen molar-refractivity contribution in [3.63, 3.8) is 0 Å². The summed E-state index contributed by atoms with van der Waals surface area (Å²) in [5, 5.41) is 3.67. The molecular weight excluding hydrogens is 386 g/mol. The fraction of sp³-hybridized carbons (Fsp3) is 0.263. The lowest BCUT2D eigenvalue weighted by Gasteiger charge is -2.37. The average Bonchev–Trinajstić information content (AvgIpc) is 2.68. The number of nitrogens with zero attached hydrogens (tertiary/aromatic N) is 2.